The van der Waals surface area contributed by atoms with Crippen LogP contribution in [-0.4, -0.2) is 65.4 Å². The maximum atomic E-state index is 11.6. The van der Waals surface area contributed by atoms with Gasteiger partial charge in [-0.05, 0) is 11.8 Å². The maximum Gasteiger partial charge on any atom is 0.303 e. The molecule has 1 aliphatic rings. The molecule has 10 nitrogen and oxygen atoms in total. The first-order valence-electron chi connectivity index (χ1n) is 8.07. The fourth-order valence-corrected chi connectivity index (χ4v) is 3.38. The summed E-state index contributed by atoms with van der Waals surface area (Å²) in [5.41, 5.74) is -0.879. The summed E-state index contributed by atoms with van der Waals surface area (Å²) in [6.45, 7) is 6.05. The fourth-order valence-electron chi connectivity index (χ4n) is 2.47. The molecule has 0 amide bonds. The minimum Gasteiger partial charge on any atom is -1.00 e. The highest BCUT2D eigenvalue weighted by Crippen LogP contribution is 2.34. The average Bonchev–Trinajstić information content (AvgIpc) is 2.49. The molecule has 0 radical (unpaired) electrons. The highest BCUT2D eigenvalue weighted by atomic mass is 79.9. The van der Waals surface area contributed by atoms with E-state index in [9.17, 15) is 19.2 Å². The third-order valence-corrected chi connectivity index (χ3v) is 4.23. The molecule has 1 heterocycles. The van der Waals surface area contributed by atoms with Crippen LogP contribution >= 0.6 is 11.8 Å². The lowest BCUT2D eigenvalue weighted by Gasteiger charge is -2.43. The lowest BCUT2D eigenvalue weighted by molar-refractivity contribution is -0.237. The van der Waals surface area contributed by atoms with Gasteiger partial charge in [-0.25, -0.2) is 0 Å². The minimum absolute atomic E-state index is 0. The first kappa shape index (κ1) is 26.3. The molecule has 1 rings (SSSR count). The predicted octanol–water partition coefficient (Wildman–Crippen LogP) is -4.02. The quantitative estimate of drug-likeness (QED) is 0.171. The van der Waals surface area contributed by atoms with Crippen LogP contribution in [0.5, 0.6) is 0 Å². The lowest BCUT2D eigenvalue weighted by Crippen LogP contribution is -3.00. The summed E-state index contributed by atoms with van der Waals surface area (Å²) in [6.07, 6.45) is -4.41. The number of carbonyl (C=O) groups excluding carboxylic acids is 4. The van der Waals surface area contributed by atoms with Gasteiger partial charge in [-0.2, -0.15) is 0 Å². The first-order chi connectivity index (χ1) is 12.5. The monoisotopic (exact) mass is 485 g/mol. The van der Waals surface area contributed by atoms with Crippen molar-refractivity contribution in [1.29, 1.82) is 0 Å². The zero-order valence-electron chi connectivity index (χ0n) is 16.1. The van der Waals surface area contributed by atoms with Crippen LogP contribution in [-0.2, 0) is 42.9 Å². The molecule has 0 aromatic rings. The minimum atomic E-state index is -1.18. The smallest absolute Gasteiger partial charge is 0.303 e. The van der Waals surface area contributed by atoms with Crippen molar-refractivity contribution in [3.8, 4) is 0 Å². The van der Waals surface area contributed by atoms with E-state index >= 15 is 0 Å². The summed E-state index contributed by atoms with van der Waals surface area (Å²) >= 11 is 1.04. The molecule has 0 aromatic heterocycles. The number of hydrogen-bond donors (Lipinski definition) is 1. The fraction of sp³-hybridized carbons (Fsp3) is 0.688. The van der Waals surface area contributed by atoms with Crippen molar-refractivity contribution in [3.63, 3.8) is 0 Å². The summed E-state index contributed by atoms with van der Waals surface area (Å²) in [5.74, 6) is -2.58. The van der Waals surface area contributed by atoms with Crippen molar-refractivity contribution >= 4 is 40.7 Å². The van der Waals surface area contributed by atoms with E-state index in [1.807, 2.05) is 0 Å². The van der Waals surface area contributed by atoms with Crippen LogP contribution in [0.15, 0.2) is 0 Å². The van der Waals surface area contributed by atoms with Gasteiger partial charge in [0.15, 0.2) is 23.7 Å². The number of esters is 4. The van der Waals surface area contributed by atoms with Crippen molar-refractivity contribution in [2.75, 3.05) is 6.61 Å². The Bertz CT molecular complexity index is 615. The summed E-state index contributed by atoms with van der Waals surface area (Å²) < 4.78 is 26.6. The average molecular weight is 486 g/mol. The second-order valence-electron chi connectivity index (χ2n) is 5.80. The molecule has 1 saturated heterocycles. The van der Waals surface area contributed by atoms with Gasteiger partial charge in [0.2, 0.25) is 5.04 Å². The molecule has 0 spiro atoms. The summed E-state index contributed by atoms with van der Waals surface area (Å²) in [7, 11) is 0. The number of hydrogen-bond acceptors (Lipinski definition) is 10. The number of thioether (sulfide) groups is 1. The van der Waals surface area contributed by atoms with Gasteiger partial charge in [0.1, 0.15) is 12.7 Å². The molecule has 2 N–H and O–H groups in total. The van der Waals surface area contributed by atoms with E-state index in [1.54, 1.807) is 6.92 Å². The van der Waals surface area contributed by atoms with E-state index in [2.05, 4.69) is 0 Å². The lowest BCUT2D eigenvalue weighted by atomic mass is 9.99. The van der Waals surface area contributed by atoms with Gasteiger partial charge in [0, 0.05) is 34.6 Å². The Morgan fingerprint density at radius 1 is 0.821 bits per heavy atom. The molecule has 1 aliphatic heterocycles. The van der Waals surface area contributed by atoms with Crippen LogP contribution in [0.2, 0.25) is 0 Å². The summed E-state index contributed by atoms with van der Waals surface area (Å²) in [5, 5.41) is 6.13. The van der Waals surface area contributed by atoms with Crippen molar-refractivity contribution in [1.82, 2.24) is 0 Å². The third-order valence-electron chi connectivity index (χ3n) is 3.25. The Balaban J connectivity index is 0.00000729. The van der Waals surface area contributed by atoms with Crippen molar-refractivity contribution in [3.05, 3.63) is 0 Å². The molecule has 1 fully saturated rings. The normalized spacial score (nSPS) is 26.2. The molecule has 160 valence electrons. The van der Waals surface area contributed by atoms with Gasteiger partial charge in [-0.15, -0.1) is 0 Å². The van der Waals surface area contributed by atoms with Crippen molar-refractivity contribution in [2.24, 2.45) is 0 Å². The second-order valence-corrected chi connectivity index (χ2v) is 7.14. The molecule has 0 aliphatic carbocycles. The molecular weight excluding hydrogens is 462 g/mol. The topological polar surface area (TPSA) is 140 Å². The van der Waals surface area contributed by atoms with E-state index < -0.39 is 53.7 Å². The molecule has 28 heavy (non-hydrogen) atoms. The van der Waals surface area contributed by atoms with E-state index in [0.29, 0.717) is 5.04 Å². The Hall–Kier alpha value is -1.66. The van der Waals surface area contributed by atoms with Gasteiger partial charge < -0.3 is 40.7 Å². The molecule has 5 atom stereocenters. The van der Waals surface area contributed by atoms with Gasteiger partial charge in [0.25, 0.3) is 0 Å². The highest BCUT2D eigenvalue weighted by molar-refractivity contribution is 8.14. The van der Waals surface area contributed by atoms with Gasteiger partial charge in [-0.3, -0.25) is 24.6 Å². The molecule has 0 unspecified atom stereocenters. The van der Waals surface area contributed by atoms with E-state index in [-0.39, 0.29) is 23.6 Å². The maximum absolute atomic E-state index is 11.6. The third kappa shape index (κ3) is 8.57. The Labute approximate surface area is 177 Å². The largest absolute Gasteiger partial charge is 1.00 e. The van der Waals surface area contributed by atoms with Gasteiger partial charge in [-0.1, -0.05) is 0 Å². The number of ether oxygens (including phenoxy) is 5. The van der Waals surface area contributed by atoms with Crippen LogP contribution in [0.25, 0.3) is 0 Å². The molecular formula is C16H24BrNO9S. The van der Waals surface area contributed by atoms with Crippen LogP contribution in [0.1, 0.15) is 34.6 Å². The van der Waals surface area contributed by atoms with Gasteiger partial charge >= 0.3 is 23.9 Å². The van der Waals surface area contributed by atoms with Crippen LogP contribution in [0.4, 0.5) is 0 Å². The molecule has 0 saturated carbocycles. The number of rotatable bonds is 6. The van der Waals surface area contributed by atoms with Crippen LogP contribution in [0.3, 0.4) is 0 Å². The predicted molar refractivity (Wildman–Crippen MR) is 92.2 cm³/mol. The zero-order chi connectivity index (χ0) is 20.7. The number of nitrogens with two attached hydrogens (primary N) is 1. The second kappa shape index (κ2) is 12.0. The Morgan fingerprint density at radius 3 is 1.71 bits per heavy atom. The first-order valence-corrected chi connectivity index (χ1v) is 8.95. The van der Waals surface area contributed by atoms with Gasteiger partial charge in [0.05, 0.1) is 0 Å². The van der Waals surface area contributed by atoms with Crippen LogP contribution < -0.4 is 22.4 Å². The number of halogens is 1. The SMILES string of the molecule is CC(=[NH2+])S[C@@H]1O[C@H](COC(C)=O)[C@@H](OC(C)=O)[C@H](OC(C)=O)[C@H]1OC(C)=O.[Br-]. The van der Waals surface area contributed by atoms with Crippen LogP contribution in [0, 0.1) is 0 Å². The van der Waals surface area contributed by atoms with Crippen molar-refractivity contribution in [2.45, 2.75) is 64.5 Å². The van der Waals surface area contributed by atoms with Crippen molar-refractivity contribution < 1.29 is 65.3 Å². The molecule has 0 bridgehead atoms. The number of carbonyl (C=O) groups is 4. The van der Waals surface area contributed by atoms with E-state index in [4.69, 9.17) is 29.1 Å². The molecule has 0 aromatic carbocycles. The zero-order valence-corrected chi connectivity index (χ0v) is 18.5. The summed E-state index contributed by atoms with van der Waals surface area (Å²) in [6, 6.07) is 0. The molecule has 12 heteroatoms. The Morgan fingerprint density at radius 2 is 1.29 bits per heavy atom. The highest BCUT2D eigenvalue weighted by Gasteiger charge is 2.52. The van der Waals surface area contributed by atoms with E-state index in [1.165, 1.54) is 13.8 Å². The van der Waals surface area contributed by atoms with E-state index in [0.717, 1.165) is 25.6 Å². The standard InChI is InChI=1S/C16H23NO9S.BrH/c1-7(17)27-16-15(25-11(5)21)14(24-10(4)20)13(23-9(3)19)12(26-16)6-22-8(2)18;/h12-17H,6H2,1-5H3;1H/t12-,13-,14+,15-,16+;/m1./s1. The Kier molecular flexibility index (Phi) is 11.3. The summed E-state index contributed by atoms with van der Waals surface area (Å²) in [4.78, 5) is 45.9.